The summed E-state index contributed by atoms with van der Waals surface area (Å²) in [6, 6.07) is 7.81. The third-order valence-corrected chi connectivity index (χ3v) is 4.68. The zero-order valence-corrected chi connectivity index (χ0v) is 12.9. The van der Waals surface area contributed by atoms with Crippen LogP contribution in [0.25, 0.3) is 0 Å². The average molecular weight is 307 g/mol. The third-order valence-electron chi connectivity index (χ3n) is 2.87. The number of hydrogen-bond acceptors (Lipinski definition) is 4. The number of Topliss-reactive ketones (excluding diaryl/α,β-unsaturated/α-hetero) is 1. The summed E-state index contributed by atoms with van der Waals surface area (Å²) in [6.45, 7) is 1.98. The van der Waals surface area contributed by atoms with E-state index in [1.807, 2.05) is 29.8 Å². The van der Waals surface area contributed by atoms with Crippen molar-refractivity contribution in [2.75, 3.05) is 0 Å². The smallest absolute Gasteiger partial charge is 0.220 e. The van der Waals surface area contributed by atoms with Gasteiger partial charge in [0, 0.05) is 30.2 Å². The summed E-state index contributed by atoms with van der Waals surface area (Å²) < 4.78 is 0. The average Bonchev–Trinajstić information content (AvgIpc) is 3.08. The highest BCUT2D eigenvalue weighted by molar-refractivity contribution is 7.12. The minimum Gasteiger partial charge on any atom is -0.353 e. The molecule has 2 aromatic rings. The molecule has 1 unspecified atom stereocenters. The fraction of sp³-hybridized carbons (Fsp3) is 0.333. The van der Waals surface area contributed by atoms with Crippen LogP contribution in [0.4, 0.5) is 0 Å². The van der Waals surface area contributed by atoms with Crippen LogP contribution < -0.4 is 5.32 Å². The first kappa shape index (κ1) is 14.9. The monoisotopic (exact) mass is 307 g/mol. The van der Waals surface area contributed by atoms with Crippen LogP contribution in [0.2, 0.25) is 0 Å². The van der Waals surface area contributed by atoms with Crippen LogP contribution in [0.3, 0.4) is 0 Å². The first-order chi connectivity index (χ1) is 9.65. The molecule has 1 atom stereocenters. The third kappa shape index (κ3) is 4.58. The van der Waals surface area contributed by atoms with Crippen molar-refractivity contribution in [1.82, 2.24) is 5.32 Å². The molecule has 1 N–H and O–H groups in total. The highest BCUT2D eigenvalue weighted by atomic mass is 32.1. The quantitative estimate of drug-likeness (QED) is 0.796. The Bertz CT molecular complexity index is 546. The molecule has 20 heavy (non-hydrogen) atoms. The molecule has 3 nitrogen and oxygen atoms in total. The fourth-order valence-corrected chi connectivity index (χ4v) is 3.45. The van der Waals surface area contributed by atoms with Crippen LogP contribution in [-0.2, 0) is 11.2 Å². The molecule has 106 valence electrons. The molecule has 2 aromatic heterocycles. The number of carbonyl (C=O) groups is 2. The van der Waals surface area contributed by atoms with E-state index < -0.39 is 0 Å². The van der Waals surface area contributed by atoms with Crippen molar-refractivity contribution in [2.45, 2.75) is 32.2 Å². The Labute approximate surface area is 126 Å². The maximum atomic E-state index is 11.8. The van der Waals surface area contributed by atoms with Crippen molar-refractivity contribution in [3.8, 4) is 0 Å². The van der Waals surface area contributed by atoms with Gasteiger partial charge in [-0.15, -0.1) is 22.7 Å². The Balaban J connectivity index is 1.71. The lowest BCUT2D eigenvalue weighted by molar-refractivity contribution is -0.121. The summed E-state index contributed by atoms with van der Waals surface area (Å²) in [5.41, 5.74) is 0. The highest BCUT2D eigenvalue weighted by Gasteiger charge is 2.12. The summed E-state index contributed by atoms with van der Waals surface area (Å²) in [4.78, 5) is 25.6. The Kier molecular flexibility index (Phi) is 5.49. The van der Waals surface area contributed by atoms with Crippen molar-refractivity contribution in [2.24, 2.45) is 0 Å². The van der Waals surface area contributed by atoms with Gasteiger partial charge in [0.25, 0.3) is 0 Å². The van der Waals surface area contributed by atoms with Crippen LogP contribution in [0.1, 0.15) is 34.3 Å². The molecule has 0 bridgehead atoms. The lowest BCUT2D eigenvalue weighted by atomic mass is 10.1. The molecule has 0 aliphatic heterocycles. The molecule has 5 heteroatoms. The summed E-state index contributed by atoms with van der Waals surface area (Å²) >= 11 is 3.11. The molecule has 0 saturated carbocycles. The largest absolute Gasteiger partial charge is 0.353 e. The zero-order valence-electron chi connectivity index (χ0n) is 11.3. The number of thiophene rings is 2. The van der Waals surface area contributed by atoms with Crippen LogP contribution >= 0.6 is 22.7 Å². The normalized spacial score (nSPS) is 12.1. The van der Waals surface area contributed by atoms with Crippen molar-refractivity contribution < 1.29 is 9.59 Å². The van der Waals surface area contributed by atoms with E-state index in [9.17, 15) is 9.59 Å². The van der Waals surface area contributed by atoms with Crippen LogP contribution in [0.15, 0.2) is 35.0 Å². The fourth-order valence-electron chi connectivity index (χ4n) is 1.92. The van der Waals surface area contributed by atoms with Crippen LogP contribution in [0.5, 0.6) is 0 Å². The van der Waals surface area contributed by atoms with E-state index in [2.05, 4.69) is 11.4 Å². The number of carbonyl (C=O) groups excluding carboxylic acids is 2. The number of hydrogen-bond donors (Lipinski definition) is 1. The number of ketones is 1. The van der Waals surface area contributed by atoms with Crippen molar-refractivity contribution in [1.29, 1.82) is 0 Å². The summed E-state index contributed by atoms with van der Waals surface area (Å²) in [5, 5.41) is 6.84. The first-order valence-electron chi connectivity index (χ1n) is 6.53. The molecule has 1 amide bonds. The Hall–Kier alpha value is -1.46. The van der Waals surface area contributed by atoms with Crippen molar-refractivity contribution in [3.63, 3.8) is 0 Å². The summed E-state index contributed by atoms with van der Waals surface area (Å²) in [6.07, 6.45) is 1.37. The molecule has 2 rings (SSSR count). The van der Waals surface area contributed by atoms with Gasteiger partial charge in [0.2, 0.25) is 5.91 Å². The van der Waals surface area contributed by atoms with E-state index in [1.165, 1.54) is 16.2 Å². The molecule has 2 heterocycles. The Morgan fingerprint density at radius 1 is 1.15 bits per heavy atom. The van der Waals surface area contributed by atoms with E-state index >= 15 is 0 Å². The van der Waals surface area contributed by atoms with Crippen LogP contribution in [0, 0.1) is 0 Å². The van der Waals surface area contributed by atoms with E-state index in [0.717, 1.165) is 11.3 Å². The first-order valence-corrected chi connectivity index (χ1v) is 8.29. The highest BCUT2D eigenvalue weighted by Crippen LogP contribution is 2.13. The van der Waals surface area contributed by atoms with Crippen molar-refractivity contribution in [3.05, 3.63) is 44.8 Å². The predicted molar refractivity (Wildman–Crippen MR) is 83.5 cm³/mol. The predicted octanol–water partition coefficient (Wildman–Crippen LogP) is 3.52. The number of rotatable bonds is 7. The molecular weight excluding hydrogens is 290 g/mol. The van der Waals surface area contributed by atoms with E-state index in [1.54, 1.807) is 17.4 Å². The molecule has 0 saturated heterocycles. The van der Waals surface area contributed by atoms with Gasteiger partial charge in [-0.3, -0.25) is 9.59 Å². The van der Waals surface area contributed by atoms with Gasteiger partial charge in [0.1, 0.15) is 0 Å². The lowest BCUT2D eigenvalue weighted by Crippen LogP contribution is -2.34. The van der Waals surface area contributed by atoms with Crippen LogP contribution in [-0.4, -0.2) is 17.7 Å². The van der Waals surface area contributed by atoms with Gasteiger partial charge in [-0.25, -0.2) is 0 Å². The van der Waals surface area contributed by atoms with Gasteiger partial charge in [-0.1, -0.05) is 12.1 Å². The Morgan fingerprint density at radius 3 is 2.55 bits per heavy atom. The molecule has 0 aromatic carbocycles. The van der Waals surface area contributed by atoms with Gasteiger partial charge < -0.3 is 5.32 Å². The minimum absolute atomic E-state index is 0.0426. The van der Waals surface area contributed by atoms with Gasteiger partial charge >= 0.3 is 0 Å². The summed E-state index contributed by atoms with van der Waals surface area (Å²) in [5.74, 6) is -0.0139. The maximum absolute atomic E-state index is 11.8. The van der Waals surface area contributed by atoms with E-state index in [-0.39, 0.29) is 30.6 Å². The van der Waals surface area contributed by atoms with E-state index in [4.69, 9.17) is 0 Å². The van der Waals surface area contributed by atoms with Gasteiger partial charge in [0.15, 0.2) is 5.78 Å². The van der Waals surface area contributed by atoms with Crippen molar-refractivity contribution >= 4 is 34.4 Å². The maximum Gasteiger partial charge on any atom is 0.220 e. The zero-order chi connectivity index (χ0) is 14.4. The second-order valence-corrected chi connectivity index (χ2v) is 6.63. The topological polar surface area (TPSA) is 46.2 Å². The van der Waals surface area contributed by atoms with Gasteiger partial charge in [0.05, 0.1) is 4.88 Å². The molecule has 0 radical (unpaired) electrons. The Morgan fingerprint density at radius 2 is 1.90 bits per heavy atom. The number of amides is 1. The van der Waals surface area contributed by atoms with Gasteiger partial charge in [-0.05, 0) is 29.8 Å². The molecule has 0 fully saturated rings. The van der Waals surface area contributed by atoms with E-state index in [0.29, 0.717) is 0 Å². The lowest BCUT2D eigenvalue weighted by Gasteiger charge is -2.12. The second kappa shape index (κ2) is 7.36. The molecular formula is C15H17NO2S2. The molecule has 0 aliphatic carbocycles. The minimum atomic E-state index is -0.0565. The van der Waals surface area contributed by atoms with Gasteiger partial charge in [-0.2, -0.15) is 0 Å². The SMILES string of the molecule is CC(Cc1cccs1)NC(=O)CCC(=O)c1cccs1. The second-order valence-electron chi connectivity index (χ2n) is 4.65. The molecule has 0 spiro atoms. The standard InChI is InChI=1S/C15H17NO2S2/c1-11(10-12-4-2-8-19-12)16-15(18)7-6-13(17)14-5-3-9-20-14/h2-5,8-9,11H,6-7,10H2,1H3,(H,16,18). The molecule has 0 aliphatic rings. The summed E-state index contributed by atoms with van der Waals surface area (Å²) in [7, 11) is 0. The number of nitrogens with one attached hydrogen (secondary N) is 1.